The van der Waals surface area contributed by atoms with Gasteiger partial charge in [0.2, 0.25) is 0 Å². The summed E-state index contributed by atoms with van der Waals surface area (Å²) in [6.07, 6.45) is 0.569. The van der Waals surface area contributed by atoms with Crippen LogP contribution in [-0.4, -0.2) is 24.2 Å². The van der Waals surface area contributed by atoms with Gasteiger partial charge in [-0.3, -0.25) is 4.79 Å². The Kier molecular flexibility index (Phi) is 4.43. The molecule has 0 spiro atoms. The zero-order chi connectivity index (χ0) is 15.5. The molecule has 2 N–H and O–H groups in total. The Bertz CT molecular complexity index is 703. The summed E-state index contributed by atoms with van der Waals surface area (Å²) < 4.78 is 5.14. The van der Waals surface area contributed by atoms with Crippen LogP contribution in [0.1, 0.15) is 30.6 Å². The normalized spacial score (nSPS) is 11.6. The number of fused-ring (bicyclic) bond motifs is 1. The SMILES string of the molecule is CC(C)(CCO)CNC(=O)c1cc2ccccc2oc1=O. The maximum Gasteiger partial charge on any atom is 0.349 e. The van der Waals surface area contributed by atoms with Crippen molar-refractivity contribution in [3.63, 3.8) is 0 Å². The van der Waals surface area contributed by atoms with Crippen molar-refractivity contribution in [3.8, 4) is 0 Å². The summed E-state index contributed by atoms with van der Waals surface area (Å²) in [4.78, 5) is 24.0. The van der Waals surface area contributed by atoms with Crippen molar-refractivity contribution < 1.29 is 14.3 Å². The Morgan fingerprint density at radius 1 is 1.33 bits per heavy atom. The Balaban J connectivity index is 2.20. The van der Waals surface area contributed by atoms with E-state index in [1.165, 1.54) is 6.07 Å². The van der Waals surface area contributed by atoms with Crippen LogP contribution in [0.2, 0.25) is 0 Å². The van der Waals surface area contributed by atoms with E-state index in [4.69, 9.17) is 9.52 Å². The summed E-state index contributed by atoms with van der Waals surface area (Å²) in [5.41, 5.74) is -0.430. The monoisotopic (exact) mass is 289 g/mol. The first-order chi connectivity index (χ1) is 9.93. The summed E-state index contributed by atoms with van der Waals surface area (Å²) in [5.74, 6) is -0.458. The first kappa shape index (κ1) is 15.3. The predicted molar refractivity (Wildman–Crippen MR) is 80.3 cm³/mol. The van der Waals surface area contributed by atoms with Gasteiger partial charge >= 0.3 is 5.63 Å². The van der Waals surface area contributed by atoms with E-state index in [1.54, 1.807) is 18.2 Å². The molecule has 1 amide bonds. The average Bonchev–Trinajstić information content (AvgIpc) is 2.44. The molecule has 5 nitrogen and oxygen atoms in total. The molecule has 2 aromatic rings. The molecule has 1 heterocycles. The van der Waals surface area contributed by atoms with Crippen LogP contribution >= 0.6 is 0 Å². The predicted octanol–water partition coefficient (Wildman–Crippen LogP) is 1.93. The number of aliphatic hydroxyl groups excluding tert-OH is 1. The molecule has 0 fully saturated rings. The van der Waals surface area contributed by atoms with Crippen molar-refractivity contribution >= 4 is 16.9 Å². The third-order valence-electron chi connectivity index (χ3n) is 3.40. The van der Waals surface area contributed by atoms with Gasteiger partial charge in [0.05, 0.1) is 0 Å². The highest BCUT2D eigenvalue weighted by Crippen LogP contribution is 2.18. The molecular formula is C16H19NO4. The van der Waals surface area contributed by atoms with E-state index >= 15 is 0 Å². The van der Waals surface area contributed by atoms with Crippen molar-refractivity contribution in [2.45, 2.75) is 20.3 Å². The molecule has 0 unspecified atom stereocenters. The van der Waals surface area contributed by atoms with E-state index in [9.17, 15) is 9.59 Å². The van der Waals surface area contributed by atoms with Crippen LogP contribution in [0, 0.1) is 5.41 Å². The number of carbonyl (C=O) groups is 1. The van der Waals surface area contributed by atoms with Crippen LogP contribution in [0.3, 0.4) is 0 Å². The molecule has 1 aromatic carbocycles. The van der Waals surface area contributed by atoms with E-state index in [1.807, 2.05) is 19.9 Å². The van der Waals surface area contributed by atoms with E-state index in [0.717, 1.165) is 0 Å². The maximum absolute atomic E-state index is 12.1. The minimum atomic E-state index is -0.647. The van der Waals surface area contributed by atoms with Gasteiger partial charge in [0.15, 0.2) is 0 Å². The third-order valence-corrected chi connectivity index (χ3v) is 3.40. The highest BCUT2D eigenvalue weighted by Gasteiger charge is 2.20. The summed E-state index contributed by atoms with van der Waals surface area (Å²) in [7, 11) is 0. The Labute approximate surface area is 122 Å². The molecular weight excluding hydrogens is 270 g/mol. The second kappa shape index (κ2) is 6.10. The molecule has 0 radical (unpaired) electrons. The van der Waals surface area contributed by atoms with Gasteiger partial charge in [0.25, 0.3) is 5.91 Å². The van der Waals surface area contributed by atoms with Crippen LogP contribution < -0.4 is 10.9 Å². The number of carbonyl (C=O) groups excluding carboxylic acids is 1. The Morgan fingerprint density at radius 2 is 2.05 bits per heavy atom. The number of para-hydroxylation sites is 1. The van der Waals surface area contributed by atoms with Crippen molar-refractivity contribution in [1.29, 1.82) is 0 Å². The molecule has 0 atom stereocenters. The highest BCUT2D eigenvalue weighted by molar-refractivity contribution is 5.96. The summed E-state index contributed by atoms with van der Waals surface area (Å²) >= 11 is 0. The van der Waals surface area contributed by atoms with Crippen LogP contribution in [0.15, 0.2) is 39.5 Å². The average molecular weight is 289 g/mol. The zero-order valence-corrected chi connectivity index (χ0v) is 12.2. The van der Waals surface area contributed by atoms with Crippen LogP contribution in [-0.2, 0) is 0 Å². The minimum absolute atomic E-state index is 0.00602. The number of rotatable bonds is 5. The number of amides is 1. The number of benzene rings is 1. The topological polar surface area (TPSA) is 79.5 Å². The fourth-order valence-electron chi connectivity index (χ4n) is 2.03. The maximum atomic E-state index is 12.1. The summed E-state index contributed by atoms with van der Waals surface area (Å²) in [5, 5.41) is 12.4. The van der Waals surface area contributed by atoms with Gasteiger partial charge in [-0.2, -0.15) is 0 Å². The van der Waals surface area contributed by atoms with Gasteiger partial charge in [-0.25, -0.2) is 4.79 Å². The molecule has 0 aliphatic carbocycles. The Morgan fingerprint density at radius 3 is 2.76 bits per heavy atom. The first-order valence-corrected chi connectivity index (χ1v) is 6.85. The van der Waals surface area contributed by atoms with Gasteiger partial charge in [-0.1, -0.05) is 32.0 Å². The molecule has 5 heteroatoms. The third kappa shape index (κ3) is 3.70. The molecule has 1 aromatic heterocycles. The lowest BCUT2D eigenvalue weighted by Gasteiger charge is -2.23. The van der Waals surface area contributed by atoms with Gasteiger partial charge in [0, 0.05) is 18.5 Å². The van der Waals surface area contributed by atoms with Crippen LogP contribution in [0.4, 0.5) is 0 Å². The minimum Gasteiger partial charge on any atom is -0.422 e. The molecule has 0 aliphatic rings. The van der Waals surface area contributed by atoms with Gasteiger partial charge in [-0.15, -0.1) is 0 Å². The van der Waals surface area contributed by atoms with E-state index in [-0.39, 0.29) is 17.6 Å². The van der Waals surface area contributed by atoms with E-state index < -0.39 is 11.5 Å². The second-order valence-corrected chi connectivity index (χ2v) is 5.81. The lowest BCUT2D eigenvalue weighted by atomic mass is 9.89. The summed E-state index contributed by atoms with van der Waals surface area (Å²) in [6.45, 7) is 4.30. The first-order valence-electron chi connectivity index (χ1n) is 6.85. The summed E-state index contributed by atoms with van der Waals surface area (Å²) in [6, 6.07) is 8.58. The molecule has 21 heavy (non-hydrogen) atoms. The number of hydrogen-bond acceptors (Lipinski definition) is 4. The number of hydrogen-bond donors (Lipinski definition) is 2. The molecule has 0 bridgehead atoms. The van der Waals surface area contributed by atoms with Gasteiger partial charge < -0.3 is 14.8 Å². The fraction of sp³-hybridized carbons (Fsp3) is 0.375. The van der Waals surface area contributed by atoms with Crippen molar-refractivity contribution in [2.75, 3.05) is 13.2 Å². The zero-order valence-electron chi connectivity index (χ0n) is 12.2. The number of aliphatic hydroxyl groups is 1. The quantitative estimate of drug-likeness (QED) is 0.824. The second-order valence-electron chi connectivity index (χ2n) is 5.81. The standard InChI is InChI=1S/C16H19NO4/c1-16(2,7-8-18)10-17-14(19)12-9-11-5-3-4-6-13(11)21-15(12)20/h3-6,9,18H,7-8,10H2,1-2H3,(H,17,19). The molecule has 0 aliphatic heterocycles. The smallest absolute Gasteiger partial charge is 0.349 e. The molecule has 0 saturated heterocycles. The van der Waals surface area contributed by atoms with Crippen molar-refractivity contribution in [3.05, 3.63) is 46.3 Å². The van der Waals surface area contributed by atoms with Gasteiger partial charge in [0.1, 0.15) is 11.1 Å². The van der Waals surface area contributed by atoms with Crippen LogP contribution in [0.5, 0.6) is 0 Å². The van der Waals surface area contributed by atoms with E-state index in [2.05, 4.69) is 5.32 Å². The molecule has 0 saturated carbocycles. The highest BCUT2D eigenvalue weighted by atomic mass is 16.4. The van der Waals surface area contributed by atoms with E-state index in [0.29, 0.717) is 23.9 Å². The molecule has 2 rings (SSSR count). The van der Waals surface area contributed by atoms with Gasteiger partial charge in [-0.05, 0) is 24.0 Å². The van der Waals surface area contributed by atoms with Crippen molar-refractivity contribution in [2.24, 2.45) is 5.41 Å². The fourth-order valence-corrected chi connectivity index (χ4v) is 2.03. The number of nitrogens with one attached hydrogen (secondary N) is 1. The molecule has 112 valence electrons. The largest absolute Gasteiger partial charge is 0.422 e. The lowest BCUT2D eigenvalue weighted by Crippen LogP contribution is -2.36. The lowest BCUT2D eigenvalue weighted by molar-refractivity contribution is 0.0924. The van der Waals surface area contributed by atoms with Crippen LogP contribution in [0.25, 0.3) is 11.0 Å². The Hall–Kier alpha value is -2.14. The van der Waals surface area contributed by atoms with Crippen molar-refractivity contribution in [1.82, 2.24) is 5.32 Å².